The molecule has 0 bridgehead atoms. The molecule has 1 saturated heterocycles. The van der Waals surface area contributed by atoms with Gasteiger partial charge in [-0.3, -0.25) is 0 Å². The Morgan fingerprint density at radius 2 is 2.17 bits per heavy atom. The molecule has 18 heavy (non-hydrogen) atoms. The monoisotopic (exact) mass is 245 g/mol. The largest absolute Gasteiger partial charge is 0.396 e. The van der Waals surface area contributed by atoms with Crippen molar-refractivity contribution in [3.8, 4) is 6.07 Å². The van der Waals surface area contributed by atoms with Crippen LogP contribution in [0.25, 0.3) is 0 Å². The summed E-state index contributed by atoms with van der Waals surface area (Å²) in [5, 5.41) is 8.98. The number of rotatable bonds is 3. The van der Waals surface area contributed by atoms with E-state index in [0.29, 0.717) is 17.2 Å². The van der Waals surface area contributed by atoms with Crippen LogP contribution < -0.4 is 10.6 Å². The number of nitrogens with zero attached hydrogens (tertiary/aromatic N) is 2. The number of nitrogen functional groups attached to an aromatic ring is 1. The van der Waals surface area contributed by atoms with Crippen LogP contribution >= 0.6 is 0 Å². The van der Waals surface area contributed by atoms with Gasteiger partial charge in [-0.05, 0) is 30.9 Å². The highest BCUT2D eigenvalue weighted by molar-refractivity contribution is 5.73. The van der Waals surface area contributed by atoms with Crippen molar-refractivity contribution in [3.05, 3.63) is 23.8 Å². The molecule has 1 heterocycles. The van der Waals surface area contributed by atoms with Crippen molar-refractivity contribution in [1.82, 2.24) is 0 Å². The summed E-state index contributed by atoms with van der Waals surface area (Å²) in [6.07, 6.45) is 2.20. The van der Waals surface area contributed by atoms with E-state index in [1.165, 1.54) is 0 Å². The molecule has 4 heteroatoms. The Hall–Kier alpha value is -1.73. The fourth-order valence-corrected chi connectivity index (χ4v) is 2.40. The van der Waals surface area contributed by atoms with Gasteiger partial charge in [0.15, 0.2) is 0 Å². The lowest BCUT2D eigenvalue weighted by Gasteiger charge is -2.29. The molecule has 1 fully saturated rings. The Morgan fingerprint density at radius 1 is 1.44 bits per heavy atom. The first-order chi connectivity index (χ1) is 8.72. The SMILES string of the molecule is CN(CC1CCOCC1)c1cccc(C#N)c1N. The third-order valence-electron chi connectivity index (χ3n) is 3.49. The molecular formula is C14H19N3O. The first-order valence-electron chi connectivity index (χ1n) is 6.30. The Bertz CT molecular complexity index is 447. The summed E-state index contributed by atoms with van der Waals surface area (Å²) >= 11 is 0. The summed E-state index contributed by atoms with van der Waals surface area (Å²) in [6, 6.07) is 7.72. The van der Waals surface area contributed by atoms with Gasteiger partial charge in [-0.2, -0.15) is 5.26 Å². The summed E-state index contributed by atoms with van der Waals surface area (Å²) in [5.74, 6) is 0.647. The van der Waals surface area contributed by atoms with E-state index in [0.717, 1.165) is 38.3 Å². The van der Waals surface area contributed by atoms with E-state index < -0.39 is 0 Å². The number of hydrogen-bond acceptors (Lipinski definition) is 4. The Morgan fingerprint density at radius 3 is 2.83 bits per heavy atom. The van der Waals surface area contributed by atoms with E-state index in [2.05, 4.69) is 11.0 Å². The second kappa shape index (κ2) is 5.74. The normalized spacial score (nSPS) is 16.2. The molecule has 0 unspecified atom stereocenters. The molecule has 0 aliphatic carbocycles. The van der Waals surface area contributed by atoms with Crippen LogP contribution in [-0.4, -0.2) is 26.8 Å². The fourth-order valence-electron chi connectivity index (χ4n) is 2.40. The molecule has 2 rings (SSSR count). The van der Waals surface area contributed by atoms with Gasteiger partial charge in [0.1, 0.15) is 6.07 Å². The summed E-state index contributed by atoms with van der Waals surface area (Å²) in [6.45, 7) is 2.67. The molecule has 1 aliphatic rings. The van der Waals surface area contributed by atoms with Crippen molar-refractivity contribution < 1.29 is 4.74 Å². The number of nitriles is 1. The van der Waals surface area contributed by atoms with E-state index >= 15 is 0 Å². The predicted molar refractivity (Wildman–Crippen MR) is 72.4 cm³/mol. The smallest absolute Gasteiger partial charge is 0.101 e. The molecular weight excluding hydrogens is 226 g/mol. The lowest BCUT2D eigenvalue weighted by Crippen LogP contribution is -2.30. The van der Waals surface area contributed by atoms with E-state index in [-0.39, 0.29) is 0 Å². The van der Waals surface area contributed by atoms with Crippen LogP contribution in [0.5, 0.6) is 0 Å². The van der Waals surface area contributed by atoms with Gasteiger partial charge in [0, 0.05) is 26.8 Å². The average Bonchev–Trinajstić information content (AvgIpc) is 2.40. The van der Waals surface area contributed by atoms with Crippen LogP contribution in [0.15, 0.2) is 18.2 Å². The van der Waals surface area contributed by atoms with Gasteiger partial charge in [-0.25, -0.2) is 0 Å². The van der Waals surface area contributed by atoms with E-state index in [1.54, 1.807) is 6.07 Å². The second-order valence-electron chi connectivity index (χ2n) is 4.79. The lowest BCUT2D eigenvalue weighted by atomic mass is 9.99. The summed E-state index contributed by atoms with van der Waals surface area (Å²) in [5.41, 5.74) is 8.08. The van der Waals surface area contributed by atoms with E-state index in [1.807, 2.05) is 19.2 Å². The van der Waals surface area contributed by atoms with Gasteiger partial charge in [0.05, 0.1) is 16.9 Å². The van der Waals surface area contributed by atoms with E-state index in [4.69, 9.17) is 15.7 Å². The van der Waals surface area contributed by atoms with Crippen LogP contribution in [-0.2, 0) is 4.74 Å². The van der Waals surface area contributed by atoms with Crippen LogP contribution in [0.3, 0.4) is 0 Å². The topological polar surface area (TPSA) is 62.3 Å². The maximum absolute atomic E-state index is 8.98. The number of ether oxygens (including phenoxy) is 1. The molecule has 1 aliphatic heterocycles. The van der Waals surface area contributed by atoms with Gasteiger partial charge in [-0.1, -0.05) is 6.07 Å². The van der Waals surface area contributed by atoms with Gasteiger partial charge in [0.25, 0.3) is 0 Å². The van der Waals surface area contributed by atoms with Gasteiger partial charge in [0.2, 0.25) is 0 Å². The van der Waals surface area contributed by atoms with Crippen molar-refractivity contribution in [3.63, 3.8) is 0 Å². The fraction of sp³-hybridized carbons (Fsp3) is 0.500. The maximum atomic E-state index is 8.98. The van der Waals surface area contributed by atoms with Gasteiger partial charge in [-0.15, -0.1) is 0 Å². The molecule has 96 valence electrons. The minimum Gasteiger partial charge on any atom is -0.396 e. The highest BCUT2D eigenvalue weighted by Gasteiger charge is 2.17. The summed E-state index contributed by atoms with van der Waals surface area (Å²) < 4.78 is 5.36. The third kappa shape index (κ3) is 2.74. The standard InChI is InChI=1S/C14H19N3O/c1-17(10-11-5-7-18-8-6-11)13-4-2-3-12(9-15)14(13)16/h2-4,11H,5-8,10,16H2,1H3. The molecule has 0 aromatic heterocycles. The number of para-hydroxylation sites is 1. The van der Waals surface area contributed by atoms with Gasteiger partial charge < -0.3 is 15.4 Å². The highest BCUT2D eigenvalue weighted by Crippen LogP contribution is 2.27. The summed E-state index contributed by atoms with van der Waals surface area (Å²) in [7, 11) is 2.03. The Balaban J connectivity index is 2.08. The van der Waals surface area contributed by atoms with Crippen molar-refractivity contribution in [2.45, 2.75) is 12.8 Å². The zero-order chi connectivity index (χ0) is 13.0. The van der Waals surface area contributed by atoms with Crippen LogP contribution in [0.2, 0.25) is 0 Å². The van der Waals surface area contributed by atoms with Crippen molar-refractivity contribution in [2.75, 3.05) is 37.4 Å². The Kier molecular flexibility index (Phi) is 4.06. The van der Waals surface area contributed by atoms with Crippen molar-refractivity contribution >= 4 is 11.4 Å². The summed E-state index contributed by atoms with van der Waals surface area (Å²) in [4.78, 5) is 2.14. The lowest BCUT2D eigenvalue weighted by molar-refractivity contribution is 0.0685. The maximum Gasteiger partial charge on any atom is 0.101 e. The predicted octanol–water partition coefficient (Wildman–Crippen LogP) is 2.00. The highest BCUT2D eigenvalue weighted by atomic mass is 16.5. The minimum atomic E-state index is 0.548. The van der Waals surface area contributed by atoms with Crippen LogP contribution in [0.1, 0.15) is 18.4 Å². The molecule has 1 aromatic carbocycles. The van der Waals surface area contributed by atoms with Crippen molar-refractivity contribution in [1.29, 1.82) is 5.26 Å². The minimum absolute atomic E-state index is 0.548. The average molecular weight is 245 g/mol. The molecule has 0 spiro atoms. The number of hydrogen-bond donors (Lipinski definition) is 1. The van der Waals surface area contributed by atoms with Gasteiger partial charge >= 0.3 is 0 Å². The van der Waals surface area contributed by atoms with E-state index in [9.17, 15) is 0 Å². The number of nitrogens with two attached hydrogens (primary N) is 1. The first-order valence-corrected chi connectivity index (χ1v) is 6.30. The molecule has 2 N–H and O–H groups in total. The zero-order valence-electron chi connectivity index (χ0n) is 10.7. The van der Waals surface area contributed by atoms with Crippen LogP contribution in [0, 0.1) is 17.2 Å². The molecule has 0 amide bonds. The molecule has 0 radical (unpaired) electrons. The molecule has 0 atom stereocenters. The van der Waals surface area contributed by atoms with Crippen LogP contribution in [0.4, 0.5) is 11.4 Å². The number of anilines is 2. The first kappa shape index (κ1) is 12.7. The zero-order valence-corrected chi connectivity index (χ0v) is 10.7. The molecule has 0 saturated carbocycles. The Labute approximate surface area is 108 Å². The second-order valence-corrected chi connectivity index (χ2v) is 4.79. The number of benzene rings is 1. The van der Waals surface area contributed by atoms with Crippen molar-refractivity contribution in [2.24, 2.45) is 5.92 Å². The molecule has 4 nitrogen and oxygen atoms in total. The third-order valence-corrected chi connectivity index (χ3v) is 3.49. The molecule has 1 aromatic rings. The quantitative estimate of drug-likeness (QED) is 0.827.